The molecule has 2 N–H and O–H groups in total. The van der Waals surface area contributed by atoms with Crippen LogP contribution in [0.3, 0.4) is 0 Å². The monoisotopic (exact) mass is 524 g/mol. The second kappa shape index (κ2) is 18.4. The highest BCUT2D eigenvalue weighted by molar-refractivity contribution is 5.78. The summed E-state index contributed by atoms with van der Waals surface area (Å²) >= 11 is 0. The summed E-state index contributed by atoms with van der Waals surface area (Å²) in [6, 6.07) is 21.7. The minimum Gasteiger partial charge on any atom is -0.444 e. The van der Waals surface area contributed by atoms with Crippen molar-refractivity contribution in [2.45, 2.75) is 98.5 Å². The summed E-state index contributed by atoms with van der Waals surface area (Å²) in [4.78, 5) is 24.3. The molecule has 0 saturated carbocycles. The number of amides is 2. The van der Waals surface area contributed by atoms with E-state index in [9.17, 15) is 9.59 Å². The SMILES string of the molecule is CC.CC(C)(C)OC(=O)N1CCCC(C(N)=O)C1.CC(CCCc1ccccc1)CCCc1ccccc1. The Hall–Kier alpha value is -2.82. The second-order valence-electron chi connectivity index (χ2n) is 11.0. The number of carbonyl (C=O) groups excluding carboxylic acids is 2. The molecule has 1 fully saturated rings. The summed E-state index contributed by atoms with van der Waals surface area (Å²) in [6.07, 6.45) is 8.98. The number of carbonyl (C=O) groups is 2. The van der Waals surface area contributed by atoms with Gasteiger partial charge in [0.2, 0.25) is 5.91 Å². The van der Waals surface area contributed by atoms with Gasteiger partial charge >= 0.3 is 6.09 Å². The smallest absolute Gasteiger partial charge is 0.410 e. The Morgan fingerprint density at radius 2 is 1.39 bits per heavy atom. The molecule has 1 saturated heterocycles. The molecular weight excluding hydrogens is 472 g/mol. The Balaban J connectivity index is 0.000000365. The fraction of sp³-hybridized carbons (Fsp3) is 0.576. The number of hydrogen-bond acceptors (Lipinski definition) is 3. The molecule has 1 heterocycles. The minimum atomic E-state index is -0.503. The molecule has 0 radical (unpaired) electrons. The van der Waals surface area contributed by atoms with Gasteiger partial charge in [-0.3, -0.25) is 4.79 Å². The average molecular weight is 525 g/mol. The lowest BCUT2D eigenvalue weighted by Gasteiger charge is -2.32. The van der Waals surface area contributed by atoms with Gasteiger partial charge in [-0.2, -0.15) is 0 Å². The van der Waals surface area contributed by atoms with E-state index in [2.05, 4.69) is 67.6 Å². The maximum Gasteiger partial charge on any atom is 0.410 e. The molecule has 3 rings (SSSR count). The minimum absolute atomic E-state index is 0.235. The molecule has 5 heteroatoms. The van der Waals surface area contributed by atoms with Crippen LogP contribution in [-0.2, 0) is 22.4 Å². The molecule has 0 aliphatic carbocycles. The first-order valence-electron chi connectivity index (χ1n) is 14.5. The number of rotatable bonds is 9. The van der Waals surface area contributed by atoms with E-state index < -0.39 is 5.60 Å². The van der Waals surface area contributed by atoms with Crippen molar-refractivity contribution in [2.75, 3.05) is 13.1 Å². The molecule has 1 aliphatic heterocycles. The van der Waals surface area contributed by atoms with Crippen LogP contribution in [0.25, 0.3) is 0 Å². The van der Waals surface area contributed by atoms with E-state index in [1.165, 1.54) is 49.7 Å². The standard InChI is InChI=1S/C20H26.C11H20N2O3.C2H6/c1-18(10-8-16-19-12-4-2-5-13-19)11-9-17-20-14-6-3-7-15-20;1-11(2,3)16-10(15)13-6-4-5-8(7-13)9(12)14;1-2/h2-7,12-15,18H,8-11,16-17H2,1H3;8H,4-7H2,1-3H3,(H2,12,14);1-2H3. The second-order valence-corrected chi connectivity index (χ2v) is 11.0. The molecule has 2 amide bonds. The van der Waals surface area contributed by atoms with Crippen LogP contribution in [0, 0.1) is 11.8 Å². The zero-order valence-corrected chi connectivity index (χ0v) is 24.7. The van der Waals surface area contributed by atoms with Gasteiger partial charge in [0, 0.05) is 13.1 Å². The van der Waals surface area contributed by atoms with Crippen molar-refractivity contribution >= 4 is 12.0 Å². The quantitative estimate of drug-likeness (QED) is 0.363. The molecule has 212 valence electrons. The van der Waals surface area contributed by atoms with Crippen LogP contribution in [0.2, 0.25) is 0 Å². The van der Waals surface area contributed by atoms with Crippen molar-refractivity contribution in [2.24, 2.45) is 17.6 Å². The van der Waals surface area contributed by atoms with E-state index in [1.807, 2.05) is 34.6 Å². The molecular formula is C33H52N2O3. The fourth-order valence-corrected chi connectivity index (χ4v) is 4.44. The molecule has 1 aliphatic rings. The number of hydrogen-bond donors (Lipinski definition) is 1. The molecule has 0 spiro atoms. The lowest BCUT2D eigenvalue weighted by Crippen LogP contribution is -2.45. The summed E-state index contributed by atoms with van der Waals surface area (Å²) in [5, 5.41) is 0. The van der Waals surface area contributed by atoms with Crippen LogP contribution in [0.1, 0.15) is 91.2 Å². The van der Waals surface area contributed by atoms with Crippen molar-refractivity contribution < 1.29 is 14.3 Å². The lowest BCUT2D eigenvalue weighted by atomic mass is 9.95. The number of likely N-dealkylation sites (tertiary alicyclic amines) is 1. The number of piperidine rings is 1. The molecule has 5 nitrogen and oxygen atoms in total. The number of benzene rings is 2. The van der Waals surface area contributed by atoms with Crippen molar-refractivity contribution in [1.82, 2.24) is 4.90 Å². The summed E-state index contributed by atoms with van der Waals surface area (Å²) in [5.74, 6) is 0.275. The van der Waals surface area contributed by atoms with E-state index in [0.29, 0.717) is 13.1 Å². The maximum absolute atomic E-state index is 11.7. The first-order chi connectivity index (χ1) is 18.1. The molecule has 0 aromatic heterocycles. The molecule has 38 heavy (non-hydrogen) atoms. The van der Waals surface area contributed by atoms with Crippen LogP contribution in [-0.4, -0.2) is 35.6 Å². The van der Waals surface area contributed by atoms with E-state index in [4.69, 9.17) is 10.5 Å². The Labute approximate surface area is 232 Å². The Bertz CT molecular complexity index is 848. The topological polar surface area (TPSA) is 72.6 Å². The third-order valence-electron chi connectivity index (χ3n) is 6.49. The molecule has 2 aromatic rings. The molecule has 0 bridgehead atoms. The van der Waals surface area contributed by atoms with Gasteiger partial charge in [-0.25, -0.2) is 4.79 Å². The van der Waals surface area contributed by atoms with Crippen molar-refractivity contribution in [3.8, 4) is 0 Å². The molecule has 1 unspecified atom stereocenters. The largest absolute Gasteiger partial charge is 0.444 e. The molecule has 1 atom stereocenters. The van der Waals surface area contributed by atoms with Gasteiger partial charge in [-0.15, -0.1) is 0 Å². The Morgan fingerprint density at radius 3 is 1.82 bits per heavy atom. The predicted molar refractivity (Wildman–Crippen MR) is 159 cm³/mol. The summed E-state index contributed by atoms with van der Waals surface area (Å²) < 4.78 is 5.24. The third-order valence-corrected chi connectivity index (χ3v) is 6.49. The number of ether oxygens (including phenoxy) is 1. The highest BCUT2D eigenvalue weighted by Gasteiger charge is 2.29. The van der Waals surface area contributed by atoms with Crippen LogP contribution in [0.5, 0.6) is 0 Å². The summed E-state index contributed by atoms with van der Waals surface area (Å²) in [6.45, 7) is 12.9. The van der Waals surface area contributed by atoms with Crippen LogP contribution in [0.15, 0.2) is 60.7 Å². The van der Waals surface area contributed by atoms with Gasteiger partial charge in [-0.1, -0.05) is 94.3 Å². The van der Waals surface area contributed by atoms with Gasteiger partial charge in [0.1, 0.15) is 5.60 Å². The van der Waals surface area contributed by atoms with Gasteiger partial charge in [-0.05, 0) is 76.3 Å². The zero-order chi connectivity index (χ0) is 28.4. The van der Waals surface area contributed by atoms with Crippen LogP contribution < -0.4 is 5.73 Å². The van der Waals surface area contributed by atoms with E-state index in [1.54, 1.807) is 4.90 Å². The van der Waals surface area contributed by atoms with E-state index >= 15 is 0 Å². The summed E-state index contributed by atoms with van der Waals surface area (Å²) in [7, 11) is 0. The summed E-state index contributed by atoms with van der Waals surface area (Å²) in [5.41, 5.74) is 7.69. The normalized spacial score (nSPS) is 15.0. The van der Waals surface area contributed by atoms with Crippen molar-refractivity contribution in [1.29, 1.82) is 0 Å². The fourth-order valence-electron chi connectivity index (χ4n) is 4.44. The average Bonchev–Trinajstić information content (AvgIpc) is 2.90. The van der Waals surface area contributed by atoms with Gasteiger partial charge in [0.05, 0.1) is 5.92 Å². The maximum atomic E-state index is 11.7. The highest BCUT2D eigenvalue weighted by Crippen LogP contribution is 2.19. The van der Waals surface area contributed by atoms with Gasteiger partial charge in [0.25, 0.3) is 0 Å². The lowest BCUT2D eigenvalue weighted by molar-refractivity contribution is -0.123. The van der Waals surface area contributed by atoms with Crippen LogP contribution >= 0.6 is 0 Å². The number of nitrogens with two attached hydrogens (primary N) is 1. The van der Waals surface area contributed by atoms with E-state index in [0.717, 1.165) is 18.8 Å². The Morgan fingerprint density at radius 1 is 0.921 bits per heavy atom. The van der Waals surface area contributed by atoms with Crippen LogP contribution in [0.4, 0.5) is 4.79 Å². The predicted octanol–water partition coefficient (Wildman–Crippen LogP) is 7.81. The number of aryl methyl sites for hydroxylation is 2. The molecule has 2 aromatic carbocycles. The van der Waals surface area contributed by atoms with E-state index in [-0.39, 0.29) is 17.9 Å². The van der Waals surface area contributed by atoms with Crippen molar-refractivity contribution in [3.63, 3.8) is 0 Å². The first kappa shape index (κ1) is 33.2. The third kappa shape index (κ3) is 14.8. The number of nitrogens with zero attached hydrogens (tertiary/aromatic N) is 1. The Kier molecular flexibility index (Phi) is 16.1. The number of primary amides is 1. The highest BCUT2D eigenvalue weighted by atomic mass is 16.6. The van der Waals surface area contributed by atoms with Gasteiger partial charge in [0.15, 0.2) is 0 Å². The zero-order valence-electron chi connectivity index (χ0n) is 24.7. The van der Waals surface area contributed by atoms with Crippen molar-refractivity contribution in [3.05, 3.63) is 71.8 Å². The first-order valence-corrected chi connectivity index (χ1v) is 14.5. The van der Waals surface area contributed by atoms with Gasteiger partial charge < -0.3 is 15.4 Å².